The summed E-state index contributed by atoms with van der Waals surface area (Å²) in [6.07, 6.45) is 1.48. The van der Waals surface area contributed by atoms with Crippen molar-refractivity contribution in [2.75, 3.05) is 19.5 Å². The van der Waals surface area contributed by atoms with Crippen molar-refractivity contribution in [1.29, 1.82) is 0 Å². The summed E-state index contributed by atoms with van der Waals surface area (Å²) in [4.78, 5) is 9.73. The Hall–Kier alpha value is -2.58. The number of thiophene rings is 1. The fourth-order valence-electron chi connectivity index (χ4n) is 6.39. The molecule has 46 heavy (non-hydrogen) atoms. The van der Waals surface area contributed by atoms with Crippen LogP contribution in [0.4, 0.5) is 27.9 Å². The first-order valence-electron chi connectivity index (χ1n) is 15.4. The molecule has 2 aromatic carbocycles. The van der Waals surface area contributed by atoms with Crippen LogP contribution >= 0.6 is 33.9 Å². The molecule has 1 aliphatic rings. The van der Waals surface area contributed by atoms with Gasteiger partial charge in [-0.25, -0.2) is 14.4 Å². The molecule has 2 N–H and O–H groups in total. The van der Waals surface area contributed by atoms with Crippen LogP contribution in [0.3, 0.4) is 0 Å². The van der Waals surface area contributed by atoms with E-state index in [0.717, 1.165) is 67.5 Å². The largest absolute Gasteiger partial charge is 0.494 e. The molecular weight excluding hydrogens is 736 g/mol. The molecule has 0 aliphatic heterocycles. The molecule has 0 bridgehead atoms. The van der Waals surface area contributed by atoms with Gasteiger partial charge in [0.2, 0.25) is 11.8 Å². The molecule has 2 aromatic heterocycles. The minimum absolute atomic E-state index is 0.123. The number of unbranched alkanes of at least 4 members (excludes halogenated alkanes) is 1. The Labute approximate surface area is 283 Å². The van der Waals surface area contributed by atoms with Crippen LogP contribution in [-0.4, -0.2) is 45.4 Å². The lowest BCUT2D eigenvalue weighted by Crippen LogP contribution is -2.23. The molecule has 0 amide bonds. The van der Waals surface area contributed by atoms with Gasteiger partial charge in [-0.15, -0.1) is 11.3 Å². The maximum absolute atomic E-state index is 13.9. The molecule has 5 nitrogen and oxygen atoms in total. The highest BCUT2D eigenvalue weighted by Crippen LogP contribution is 2.41. The highest BCUT2D eigenvalue weighted by atomic mass is 127. The maximum Gasteiger partial charge on any atom is 0.393 e. The summed E-state index contributed by atoms with van der Waals surface area (Å²) in [7, 11) is 3.00. The average Bonchev–Trinajstić information content (AvgIpc) is 3.60. The summed E-state index contributed by atoms with van der Waals surface area (Å²) >= 11 is 3.47. The number of benzene rings is 2. The van der Waals surface area contributed by atoms with Gasteiger partial charge in [-0.3, -0.25) is 0 Å². The fraction of sp³-hybridized carbons (Fsp3) is 0.471. The Balaban J connectivity index is 1.10. The number of methoxy groups -OCH3 is 1. The van der Waals surface area contributed by atoms with Crippen LogP contribution in [0.25, 0.3) is 21.3 Å². The summed E-state index contributed by atoms with van der Waals surface area (Å²) in [5, 5.41) is 14.5. The SMILES string of the molecule is CNc1nc(CCC(I)[C@H]2C[C@@H](CCCCc3ccc(-c4cc(F)c(F)c(OC)c4)cc3)C[C@H]2O)c2cc(CC(F)(F)F)sc2n1. The zero-order valence-corrected chi connectivity index (χ0v) is 28.6. The van der Waals surface area contributed by atoms with E-state index in [2.05, 4.69) is 37.9 Å². The molecule has 12 heteroatoms. The van der Waals surface area contributed by atoms with Gasteiger partial charge in [0.25, 0.3) is 0 Å². The van der Waals surface area contributed by atoms with Crippen molar-refractivity contribution in [1.82, 2.24) is 9.97 Å². The first-order chi connectivity index (χ1) is 21.9. The highest BCUT2D eigenvalue weighted by Gasteiger charge is 2.36. The van der Waals surface area contributed by atoms with Crippen molar-refractivity contribution < 1.29 is 31.8 Å². The van der Waals surface area contributed by atoms with Crippen molar-refractivity contribution in [3.8, 4) is 16.9 Å². The molecule has 0 spiro atoms. The predicted octanol–water partition coefficient (Wildman–Crippen LogP) is 9.33. The van der Waals surface area contributed by atoms with Gasteiger partial charge in [-0.1, -0.05) is 59.7 Å². The number of ether oxygens (including phenoxy) is 1. The minimum atomic E-state index is -4.28. The third-order valence-corrected chi connectivity index (χ3v) is 11.3. The van der Waals surface area contributed by atoms with Crippen molar-refractivity contribution in [3.63, 3.8) is 0 Å². The number of hydrogen-bond donors (Lipinski definition) is 2. The van der Waals surface area contributed by atoms with Crippen LogP contribution in [0.1, 0.15) is 54.7 Å². The number of nitrogens with one attached hydrogen (secondary N) is 1. The summed E-state index contributed by atoms with van der Waals surface area (Å²) < 4.78 is 71.9. The summed E-state index contributed by atoms with van der Waals surface area (Å²) in [5.74, 6) is -1.05. The standard InChI is InChI=1S/C34H37F5IN3O2S/c1-41-33-42-28(25-17-23(18-34(37,38)39)46-32(25)43-33)12-11-27(40)24-13-20(14-29(24)44)6-4-3-5-19-7-9-21(10-8-19)22-15-26(35)31(36)30(16-22)45-2/h7-10,15-17,20,24,27,29,44H,3-6,11-14,18H2,1-2H3,(H,41,42,43)/t20-,24-,27?,29-/m1/s1. The summed E-state index contributed by atoms with van der Waals surface area (Å²) in [6, 6.07) is 12.1. The van der Waals surface area contributed by atoms with E-state index in [0.29, 0.717) is 34.1 Å². The van der Waals surface area contributed by atoms with E-state index >= 15 is 0 Å². The van der Waals surface area contributed by atoms with Crippen molar-refractivity contribution in [3.05, 3.63) is 70.2 Å². The van der Waals surface area contributed by atoms with Gasteiger partial charge in [-0.05, 0) is 85.3 Å². The second kappa shape index (κ2) is 15.1. The number of aryl methyl sites for hydroxylation is 2. The number of hydrogen-bond acceptors (Lipinski definition) is 6. The van der Waals surface area contributed by atoms with E-state index in [1.165, 1.54) is 24.8 Å². The molecular formula is C34H37F5IN3O2S. The molecule has 4 aromatic rings. The van der Waals surface area contributed by atoms with Crippen LogP contribution in [0.5, 0.6) is 5.75 Å². The average molecular weight is 774 g/mol. The Bertz CT molecular complexity index is 1630. The van der Waals surface area contributed by atoms with E-state index in [4.69, 9.17) is 4.74 Å². The Morgan fingerprint density at radius 1 is 1.04 bits per heavy atom. The van der Waals surface area contributed by atoms with E-state index < -0.39 is 24.2 Å². The predicted molar refractivity (Wildman–Crippen MR) is 181 cm³/mol. The Morgan fingerprint density at radius 3 is 2.50 bits per heavy atom. The maximum atomic E-state index is 13.9. The van der Waals surface area contributed by atoms with Gasteiger partial charge in [0, 0.05) is 21.2 Å². The minimum Gasteiger partial charge on any atom is -0.494 e. The summed E-state index contributed by atoms with van der Waals surface area (Å²) in [6.45, 7) is 0. The quantitative estimate of drug-likeness (QED) is 0.0614. The Morgan fingerprint density at radius 2 is 1.80 bits per heavy atom. The number of anilines is 1. The Kier molecular flexibility index (Phi) is 11.4. The zero-order chi connectivity index (χ0) is 33.0. The number of fused-ring (bicyclic) bond motifs is 1. The lowest BCUT2D eigenvalue weighted by molar-refractivity contribution is -0.126. The molecule has 0 saturated heterocycles. The lowest BCUT2D eigenvalue weighted by atomic mass is 9.94. The molecule has 2 heterocycles. The first-order valence-corrected chi connectivity index (χ1v) is 17.5. The summed E-state index contributed by atoms with van der Waals surface area (Å²) in [5.41, 5.74) is 3.25. The van der Waals surface area contributed by atoms with Crippen molar-refractivity contribution in [2.45, 2.75) is 74.0 Å². The molecule has 4 atom stereocenters. The van der Waals surface area contributed by atoms with E-state index in [1.54, 1.807) is 13.1 Å². The van der Waals surface area contributed by atoms with Crippen LogP contribution in [-0.2, 0) is 19.3 Å². The second-order valence-electron chi connectivity index (χ2n) is 12.0. The number of halogens is 6. The van der Waals surface area contributed by atoms with Gasteiger partial charge in [0.15, 0.2) is 11.6 Å². The number of aromatic nitrogens is 2. The number of rotatable bonds is 13. The normalized spacial score (nSPS) is 19.1. The monoisotopic (exact) mass is 773 g/mol. The molecule has 5 rings (SSSR count). The smallest absolute Gasteiger partial charge is 0.393 e. The van der Waals surface area contributed by atoms with Gasteiger partial charge in [-0.2, -0.15) is 17.6 Å². The van der Waals surface area contributed by atoms with E-state index in [1.807, 2.05) is 24.3 Å². The van der Waals surface area contributed by atoms with Gasteiger partial charge < -0.3 is 15.2 Å². The van der Waals surface area contributed by atoms with Crippen LogP contribution in [0.15, 0.2) is 42.5 Å². The van der Waals surface area contributed by atoms with E-state index in [9.17, 15) is 27.1 Å². The van der Waals surface area contributed by atoms with Crippen LogP contribution in [0.2, 0.25) is 0 Å². The second-order valence-corrected chi connectivity index (χ2v) is 14.7. The topological polar surface area (TPSA) is 67.3 Å². The molecule has 1 aliphatic carbocycles. The van der Waals surface area contributed by atoms with Gasteiger partial charge in [0.1, 0.15) is 4.83 Å². The van der Waals surface area contributed by atoms with Crippen molar-refractivity contribution >= 4 is 50.1 Å². The number of aliphatic hydroxyl groups is 1. The molecule has 0 radical (unpaired) electrons. The first kappa shape index (κ1) is 34.7. The molecule has 248 valence electrons. The fourth-order valence-corrected chi connectivity index (χ4v) is 8.55. The lowest BCUT2D eigenvalue weighted by Gasteiger charge is -2.21. The number of alkyl halides is 4. The third-order valence-electron chi connectivity index (χ3n) is 8.75. The van der Waals surface area contributed by atoms with Crippen LogP contribution in [0, 0.1) is 23.5 Å². The molecule has 1 fully saturated rings. The zero-order valence-electron chi connectivity index (χ0n) is 25.6. The van der Waals surface area contributed by atoms with Crippen LogP contribution < -0.4 is 10.1 Å². The van der Waals surface area contributed by atoms with E-state index in [-0.39, 0.29) is 26.6 Å². The van der Waals surface area contributed by atoms with Gasteiger partial charge >= 0.3 is 6.18 Å². The van der Waals surface area contributed by atoms with Crippen molar-refractivity contribution in [2.24, 2.45) is 11.8 Å². The molecule has 1 unspecified atom stereocenters. The molecule has 1 saturated carbocycles. The third kappa shape index (κ3) is 8.66. The number of aliphatic hydroxyl groups excluding tert-OH is 1. The van der Waals surface area contributed by atoms with Gasteiger partial charge in [0.05, 0.1) is 25.3 Å². The number of nitrogens with zero attached hydrogens (tertiary/aromatic N) is 2. The highest BCUT2D eigenvalue weighted by molar-refractivity contribution is 14.1.